The fourth-order valence-corrected chi connectivity index (χ4v) is 3.77. The Labute approximate surface area is 200 Å². The molecule has 0 aliphatic carbocycles. The van der Waals surface area contributed by atoms with Gasteiger partial charge in [-0.1, -0.05) is 11.6 Å². The van der Waals surface area contributed by atoms with Crippen LogP contribution < -0.4 is 20.8 Å². The summed E-state index contributed by atoms with van der Waals surface area (Å²) in [4.78, 5) is 29.7. The second-order valence-corrected chi connectivity index (χ2v) is 8.15. The maximum absolute atomic E-state index is 13.1. The molecular formula is C22H24ClN7O4. The van der Waals surface area contributed by atoms with Gasteiger partial charge in [-0.15, -0.1) is 0 Å². The van der Waals surface area contributed by atoms with Gasteiger partial charge in [0.1, 0.15) is 17.9 Å². The van der Waals surface area contributed by atoms with Crippen molar-refractivity contribution in [1.82, 2.24) is 35.7 Å². The van der Waals surface area contributed by atoms with E-state index in [4.69, 9.17) is 16.3 Å². The summed E-state index contributed by atoms with van der Waals surface area (Å²) >= 11 is 6.24. The average molecular weight is 486 g/mol. The van der Waals surface area contributed by atoms with Crippen molar-refractivity contribution in [2.45, 2.75) is 19.0 Å². The van der Waals surface area contributed by atoms with E-state index < -0.39 is 11.9 Å². The zero-order valence-electron chi connectivity index (χ0n) is 18.5. The quantitative estimate of drug-likeness (QED) is 0.372. The Bertz CT molecular complexity index is 1240. The number of nitrogens with zero attached hydrogens (tertiary/aromatic N) is 4. The summed E-state index contributed by atoms with van der Waals surface area (Å²) in [5.41, 5.74) is 5.06. The molecule has 0 spiro atoms. The molecule has 2 atom stereocenters. The molecule has 12 heteroatoms. The van der Waals surface area contributed by atoms with Gasteiger partial charge in [0, 0.05) is 35.2 Å². The van der Waals surface area contributed by atoms with Gasteiger partial charge in [0.25, 0.3) is 5.91 Å². The van der Waals surface area contributed by atoms with Gasteiger partial charge in [0.2, 0.25) is 5.91 Å². The van der Waals surface area contributed by atoms with E-state index >= 15 is 0 Å². The average Bonchev–Trinajstić information content (AvgIpc) is 3.42. The number of amides is 2. The first kappa shape index (κ1) is 23.5. The molecular weight excluding hydrogens is 462 g/mol. The molecule has 2 aromatic heterocycles. The van der Waals surface area contributed by atoms with Crippen molar-refractivity contribution in [1.29, 1.82) is 0 Å². The number of hydrogen-bond donors (Lipinski definition) is 4. The number of ether oxygens (including phenoxy) is 1. The van der Waals surface area contributed by atoms with Crippen LogP contribution in [0, 0.1) is 0 Å². The topological polar surface area (TPSA) is 133 Å². The van der Waals surface area contributed by atoms with Crippen molar-refractivity contribution in [3.8, 4) is 5.75 Å². The molecule has 0 bridgehead atoms. The van der Waals surface area contributed by atoms with Crippen LogP contribution in [-0.2, 0) is 4.79 Å². The Morgan fingerprint density at radius 2 is 2.21 bits per heavy atom. The van der Waals surface area contributed by atoms with Crippen molar-refractivity contribution in [3.05, 3.63) is 70.9 Å². The van der Waals surface area contributed by atoms with Gasteiger partial charge in [-0.3, -0.25) is 9.59 Å². The monoisotopic (exact) mass is 485 g/mol. The smallest absolute Gasteiger partial charge is 0.261 e. The second kappa shape index (κ2) is 10.1. The molecule has 0 saturated carbocycles. The van der Waals surface area contributed by atoms with E-state index in [2.05, 4.69) is 26.1 Å². The Balaban J connectivity index is 1.62. The third-order valence-corrected chi connectivity index (χ3v) is 5.42. The number of fused-ring (bicyclic) bond motifs is 1. The molecule has 4 rings (SSSR count). The number of halogens is 1. The summed E-state index contributed by atoms with van der Waals surface area (Å²) in [5.74, 6) is -0.158. The number of nitrogens with one attached hydrogen (secondary N) is 3. The van der Waals surface area contributed by atoms with Gasteiger partial charge in [-0.25, -0.2) is 14.9 Å². The molecule has 0 radical (unpaired) electrons. The van der Waals surface area contributed by atoms with Crippen molar-refractivity contribution >= 4 is 29.1 Å². The van der Waals surface area contributed by atoms with E-state index in [0.717, 1.165) is 0 Å². The van der Waals surface area contributed by atoms with Crippen LogP contribution >= 0.6 is 11.6 Å². The van der Waals surface area contributed by atoms with Crippen LogP contribution in [0.2, 0.25) is 5.02 Å². The lowest BCUT2D eigenvalue weighted by molar-refractivity contribution is -0.123. The fraction of sp³-hybridized carbons (Fsp3) is 0.273. The number of benzene rings is 1. The maximum Gasteiger partial charge on any atom is 0.261 e. The number of methoxy groups -OCH3 is 1. The molecule has 1 aliphatic heterocycles. The molecule has 178 valence electrons. The van der Waals surface area contributed by atoms with Gasteiger partial charge in [-0.05, 0) is 31.2 Å². The Morgan fingerprint density at radius 3 is 2.97 bits per heavy atom. The van der Waals surface area contributed by atoms with E-state index in [1.807, 2.05) is 0 Å². The molecule has 3 aromatic rings. The molecule has 2 amide bonds. The molecule has 0 fully saturated rings. The highest BCUT2D eigenvalue weighted by Gasteiger charge is 2.31. The van der Waals surface area contributed by atoms with Gasteiger partial charge < -0.3 is 25.5 Å². The first-order chi connectivity index (χ1) is 16.4. The van der Waals surface area contributed by atoms with Crippen molar-refractivity contribution in [2.24, 2.45) is 0 Å². The summed E-state index contributed by atoms with van der Waals surface area (Å²) in [6.07, 6.45) is 6.35. The Kier molecular flexibility index (Phi) is 6.96. The number of aliphatic hydroxyl groups excluding tert-OH is 1. The minimum Gasteiger partial charge on any atom is -0.496 e. The third-order valence-electron chi connectivity index (χ3n) is 5.18. The number of hydrazine groups is 1. The highest BCUT2D eigenvalue weighted by Crippen LogP contribution is 2.34. The minimum atomic E-state index is -0.560. The van der Waals surface area contributed by atoms with Crippen LogP contribution in [0.4, 0.5) is 0 Å². The van der Waals surface area contributed by atoms with Crippen molar-refractivity contribution in [2.75, 3.05) is 20.3 Å². The van der Waals surface area contributed by atoms with Gasteiger partial charge in [0.05, 0.1) is 31.7 Å². The van der Waals surface area contributed by atoms with E-state index in [9.17, 15) is 14.7 Å². The zero-order valence-corrected chi connectivity index (χ0v) is 19.3. The number of hydrogen-bond acceptors (Lipinski definition) is 8. The first-order valence-corrected chi connectivity index (χ1v) is 10.8. The third kappa shape index (κ3) is 4.96. The molecule has 3 heterocycles. The van der Waals surface area contributed by atoms with Gasteiger partial charge >= 0.3 is 0 Å². The van der Waals surface area contributed by atoms with E-state index in [1.165, 1.54) is 17.8 Å². The standard InChI is InChI=1S/C22H24ClN7O4/c1-13(12-31)26-19(32)11-29-10-17(20(28-29)15-8-14(23)4-5-18(15)34-2)27-22(33)16-9-25-30-7-3-6-24-21(16)30/h3-10,13,20,28,31H,11-12H2,1-2H3,(H,26,32)(H,27,33). The van der Waals surface area contributed by atoms with Crippen LogP contribution in [0.15, 0.2) is 54.8 Å². The number of aromatic nitrogens is 3. The van der Waals surface area contributed by atoms with Crippen LogP contribution in [0.25, 0.3) is 5.65 Å². The Morgan fingerprint density at radius 1 is 1.38 bits per heavy atom. The Hall–Kier alpha value is -3.67. The number of carbonyl (C=O) groups is 2. The van der Waals surface area contributed by atoms with E-state index in [-0.39, 0.29) is 25.1 Å². The number of aliphatic hydroxyl groups is 1. The maximum atomic E-state index is 13.1. The van der Waals surface area contributed by atoms with Crippen LogP contribution in [-0.4, -0.2) is 62.8 Å². The molecule has 4 N–H and O–H groups in total. The van der Waals surface area contributed by atoms with Crippen LogP contribution in [0.5, 0.6) is 5.75 Å². The lowest BCUT2D eigenvalue weighted by atomic mass is 10.0. The molecule has 34 heavy (non-hydrogen) atoms. The number of rotatable bonds is 8. The van der Waals surface area contributed by atoms with Crippen molar-refractivity contribution in [3.63, 3.8) is 0 Å². The molecule has 11 nitrogen and oxygen atoms in total. The van der Waals surface area contributed by atoms with Crippen LogP contribution in [0.3, 0.4) is 0 Å². The van der Waals surface area contributed by atoms with Crippen molar-refractivity contribution < 1.29 is 19.4 Å². The molecule has 0 saturated heterocycles. The SMILES string of the molecule is COc1ccc(Cl)cc1C1NN(CC(=O)NC(C)CO)C=C1NC(=O)c1cnn2cccnc12. The summed E-state index contributed by atoms with van der Waals surface area (Å²) in [6.45, 7) is 1.47. The highest BCUT2D eigenvalue weighted by molar-refractivity contribution is 6.30. The fourth-order valence-electron chi connectivity index (χ4n) is 3.59. The molecule has 1 aromatic carbocycles. The summed E-state index contributed by atoms with van der Waals surface area (Å²) < 4.78 is 7.00. The van der Waals surface area contributed by atoms with E-state index in [0.29, 0.717) is 33.2 Å². The highest BCUT2D eigenvalue weighted by atomic mass is 35.5. The second-order valence-electron chi connectivity index (χ2n) is 7.71. The zero-order chi connectivity index (χ0) is 24.2. The summed E-state index contributed by atoms with van der Waals surface area (Å²) in [7, 11) is 1.54. The first-order valence-electron chi connectivity index (χ1n) is 10.5. The predicted molar refractivity (Wildman–Crippen MR) is 124 cm³/mol. The van der Waals surface area contributed by atoms with Gasteiger partial charge in [-0.2, -0.15) is 5.10 Å². The summed E-state index contributed by atoms with van der Waals surface area (Å²) in [5, 5.41) is 21.0. The normalized spacial score (nSPS) is 16.3. The lowest BCUT2D eigenvalue weighted by Crippen LogP contribution is -2.44. The van der Waals surface area contributed by atoms with Crippen LogP contribution in [0.1, 0.15) is 28.9 Å². The molecule has 1 aliphatic rings. The van der Waals surface area contributed by atoms with E-state index in [1.54, 1.807) is 54.8 Å². The summed E-state index contributed by atoms with van der Waals surface area (Å²) in [6, 6.07) is 5.93. The largest absolute Gasteiger partial charge is 0.496 e. The minimum absolute atomic E-state index is 0.0542. The predicted octanol–water partition coefficient (Wildman–Crippen LogP) is 1.02. The lowest BCUT2D eigenvalue weighted by Gasteiger charge is -2.22. The number of carbonyl (C=O) groups excluding carboxylic acids is 2. The molecule has 2 unspecified atom stereocenters. The van der Waals surface area contributed by atoms with Gasteiger partial charge in [0.15, 0.2) is 5.65 Å².